The first-order chi connectivity index (χ1) is 10.2. The highest BCUT2D eigenvalue weighted by molar-refractivity contribution is 7.99. The zero-order chi connectivity index (χ0) is 15.2. The first kappa shape index (κ1) is 15.5. The molecule has 0 aliphatic carbocycles. The van der Waals surface area contributed by atoms with E-state index in [1.165, 1.54) is 5.56 Å². The van der Waals surface area contributed by atoms with Crippen molar-refractivity contribution in [3.63, 3.8) is 0 Å². The van der Waals surface area contributed by atoms with E-state index in [2.05, 4.69) is 56.0 Å². The molecule has 2 rings (SSSR count). The second-order valence-electron chi connectivity index (χ2n) is 4.78. The minimum atomic E-state index is 0.771. The summed E-state index contributed by atoms with van der Waals surface area (Å²) in [5, 5.41) is 9.58. The van der Waals surface area contributed by atoms with Gasteiger partial charge in [-0.2, -0.15) is 5.26 Å². The second-order valence-corrected chi connectivity index (χ2v) is 6.08. The van der Waals surface area contributed by atoms with Crippen molar-refractivity contribution >= 4 is 23.1 Å². The fourth-order valence-electron chi connectivity index (χ4n) is 2.42. The highest BCUT2D eigenvalue weighted by Crippen LogP contribution is 2.34. The summed E-state index contributed by atoms with van der Waals surface area (Å²) in [5.41, 5.74) is 4.12. The number of aryl methyl sites for hydroxylation is 1. The van der Waals surface area contributed by atoms with Crippen LogP contribution in [0.5, 0.6) is 0 Å². The number of benzene rings is 2. The van der Waals surface area contributed by atoms with Gasteiger partial charge in [0.05, 0.1) is 11.3 Å². The van der Waals surface area contributed by atoms with Gasteiger partial charge in [-0.25, -0.2) is 0 Å². The van der Waals surface area contributed by atoms with Crippen molar-refractivity contribution in [2.45, 2.75) is 25.7 Å². The molecule has 0 heterocycles. The number of hydrogen-bond donors (Lipinski definition) is 0. The van der Waals surface area contributed by atoms with Crippen LogP contribution in [0, 0.1) is 18.3 Å². The molecule has 0 N–H and O–H groups in total. The van der Waals surface area contributed by atoms with Crippen molar-refractivity contribution in [2.24, 2.45) is 0 Å². The molecule has 0 aliphatic rings. The standard InChI is InChI=1S/C18H20N2S/c1-4-20(15-9-6-8-14(3)12-15)17-10-7-11-18(21-5-2)16(17)13-19/h6-12H,4-5H2,1-3H3. The van der Waals surface area contributed by atoms with Gasteiger partial charge in [0.1, 0.15) is 6.07 Å². The van der Waals surface area contributed by atoms with Gasteiger partial charge in [-0.3, -0.25) is 0 Å². The maximum atomic E-state index is 9.58. The van der Waals surface area contributed by atoms with Crippen LogP contribution in [0.2, 0.25) is 0 Å². The van der Waals surface area contributed by atoms with Gasteiger partial charge in [0.25, 0.3) is 0 Å². The summed E-state index contributed by atoms with van der Waals surface area (Å²) in [5.74, 6) is 0.967. The summed E-state index contributed by atoms with van der Waals surface area (Å²) >= 11 is 1.72. The quantitative estimate of drug-likeness (QED) is 0.715. The molecule has 0 amide bonds. The topological polar surface area (TPSA) is 27.0 Å². The Labute approximate surface area is 131 Å². The maximum absolute atomic E-state index is 9.58. The lowest BCUT2D eigenvalue weighted by Gasteiger charge is -2.25. The number of thioether (sulfide) groups is 1. The number of hydrogen-bond acceptors (Lipinski definition) is 3. The Morgan fingerprint density at radius 1 is 1.14 bits per heavy atom. The highest BCUT2D eigenvalue weighted by Gasteiger charge is 2.15. The zero-order valence-corrected chi connectivity index (χ0v) is 13.6. The first-order valence-electron chi connectivity index (χ1n) is 7.21. The largest absolute Gasteiger partial charge is 0.341 e. The van der Waals surface area contributed by atoms with Crippen molar-refractivity contribution < 1.29 is 0 Å². The average molecular weight is 296 g/mol. The van der Waals surface area contributed by atoms with Crippen molar-refractivity contribution in [1.29, 1.82) is 5.26 Å². The van der Waals surface area contributed by atoms with Gasteiger partial charge >= 0.3 is 0 Å². The summed E-state index contributed by atoms with van der Waals surface area (Å²) < 4.78 is 0. The van der Waals surface area contributed by atoms with E-state index in [0.29, 0.717) is 0 Å². The zero-order valence-electron chi connectivity index (χ0n) is 12.8. The Morgan fingerprint density at radius 3 is 2.52 bits per heavy atom. The molecule has 0 aromatic heterocycles. The molecule has 108 valence electrons. The molecular formula is C18H20N2S. The van der Waals surface area contributed by atoms with Crippen molar-refractivity contribution in [3.8, 4) is 6.07 Å². The molecule has 21 heavy (non-hydrogen) atoms. The van der Waals surface area contributed by atoms with Gasteiger partial charge in [0, 0.05) is 17.1 Å². The van der Waals surface area contributed by atoms with Gasteiger partial charge in [-0.05, 0) is 49.4 Å². The number of nitrogens with zero attached hydrogens (tertiary/aromatic N) is 2. The number of nitriles is 1. The van der Waals surface area contributed by atoms with E-state index in [1.54, 1.807) is 11.8 Å². The fraction of sp³-hybridized carbons (Fsp3) is 0.278. The molecule has 2 aromatic rings. The van der Waals surface area contributed by atoms with E-state index in [1.807, 2.05) is 18.2 Å². The predicted octanol–water partition coefficient (Wildman–Crippen LogP) is 5.14. The monoisotopic (exact) mass is 296 g/mol. The van der Waals surface area contributed by atoms with Gasteiger partial charge in [0.2, 0.25) is 0 Å². The Bertz CT molecular complexity index is 659. The molecule has 0 bridgehead atoms. The van der Waals surface area contributed by atoms with Gasteiger partial charge in [-0.15, -0.1) is 11.8 Å². The third-order valence-electron chi connectivity index (χ3n) is 3.34. The van der Waals surface area contributed by atoms with Crippen LogP contribution in [0.25, 0.3) is 0 Å². The summed E-state index contributed by atoms with van der Waals surface area (Å²) in [6, 6.07) is 16.9. The fourth-order valence-corrected chi connectivity index (χ4v) is 3.20. The lowest BCUT2D eigenvalue weighted by molar-refractivity contribution is 1.01. The molecule has 0 saturated carbocycles. The molecule has 2 nitrogen and oxygen atoms in total. The SMILES string of the molecule is CCSc1cccc(N(CC)c2cccc(C)c2)c1C#N. The van der Waals surface area contributed by atoms with E-state index in [-0.39, 0.29) is 0 Å². The Hall–Kier alpha value is -1.92. The van der Waals surface area contributed by atoms with E-state index < -0.39 is 0 Å². The normalized spacial score (nSPS) is 10.2. The molecule has 0 atom stereocenters. The smallest absolute Gasteiger partial charge is 0.103 e. The van der Waals surface area contributed by atoms with Crippen LogP contribution >= 0.6 is 11.8 Å². The number of anilines is 2. The van der Waals surface area contributed by atoms with Crippen molar-refractivity contribution in [2.75, 3.05) is 17.2 Å². The van der Waals surface area contributed by atoms with E-state index in [4.69, 9.17) is 0 Å². The Kier molecular flexibility index (Phi) is 5.30. The Balaban J connectivity index is 2.53. The molecule has 2 aromatic carbocycles. The summed E-state index contributed by atoms with van der Waals surface area (Å²) in [6.45, 7) is 7.14. The van der Waals surface area contributed by atoms with E-state index >= 15 is 0 Å². The van der Waals surface area contributed by atoms with E-state index in [9.17, 15) is 5.26 Å². The second kappa shape index (κ2) is 7.19. The van der Waals surface area contributed by atoms with Gasteiger partial charge in [0.15, 0.2) is 0 Å². The maximum Gasteiger partial charge on any atom is 0.103 e. The van der Waals surface area contributed by atoms with E-state index in [0.717, 1.165) is 34.1 Å². The summed E-state index contributed by atoms with van der Waals surface area (Å²) in [6.07, 6.45) is 0. The molecule has 0 spiro atoms. The molecule has 3 heteroatoms. The van der Waals surface area contributed by atoms with Crippen molar-refractivity contribution in [3.05, 3.63) is 53.6 Å². The molecular weight excluding hydrogens is 276 g/mol. The van der Waals surface area contributed by atoms with Crippen LogP contribution < -0.4 is 4.90 Å². The van der Waals surface area contributed by atoms with Crippen LogP contribution in [-0.2, 0) is 0 Å². The third kappa shape index (κ3) is 3.40. The minimum absolute atomic E-state index is 0.771. The van der Waals surface area contributed by atoms with Crippen LogP contribution in [0.15, 0.2) is 47.4 Å². The van der Waals surface area contributed by atoms with Gasteiger partial charge in [-0.1, -0.05) is 25.1 Å². The molecule has 0 saturated heterocycles. The Morgan fingerprint density at radius 2 is 1.90 bits per heavy atom. The van der Waals surface area contributed by atoms with Crippen LogP contribution in [0.3, 0.4) is 0 Å². The lowest BCUT2D eigenvalue weighted by Crippen LogP contribution is -2.17. The summed E-state index contributed by atoms with van der Waals surface area (Å²) in [7, 11) is 0. The molecule has 0 radical (unpaired) electrons. The molecule has 0 unspecified atom stereocenters. The van der Waals surface area contributed by atoms with Crippen LogP contribution in [-0.4, -0.2) is 12.3 Å². The third-order valence-corrected chi connectivity index (χ3v) is 4.28. The first-order valence-corrected chi connectivity index (χ1v) is 8.20. The van der Waals surface area contributed by atoms with Gasteiger partial charge < -0.3 is 4.90 Å². The van der Waals surface area contributed by atoms with Crippen LogP contribution in [0.1, 0.15) is 25.0 Å². The minimum Gasteiger partial charge on any atom is -0.341 e. The lowest BCUT2D eigenvalue weighted by atomic mass is 10.1. The highest BCUT2D eigenvalue weighted by atomic mass is 32.2. The van der Waals surface area contributed by atoms with Crippen molar-refractivity contribution in [1.82, 2.24) is 0 Å². The molecule has 0 fully saturated rings. The predicted molar refractivity (Wildman–Crippen MR) is 91.4 cm³/mol. The van der Waals surface area contributed by atoms with Crippen LogP contribution in [0.4, 0.5) is 11.4 Å². The number of rotatable bonds is 5. The summed E-state index contributed by atoms with van der Waals surface area (Å²) in [4.78, 5) is 3.26. The molecule has 0 aliphatic heterocycles. The average Bonchev–Trinajstić information content (AvgIpc) is 2.49.